The van der Waals surface area contributed by atoms with Gasteiger partial charge in [-0.2, -0.15) is 0 Å². The molecule has 0 saturated carbocycles. The SMILES string of the molecule is C[C@]1(O)O[C@H](CO)[C@H](O)[C@@H]1O. The molecule has 66 valence electrons. The summed E-state index contributed by atoms with van der Waals surface area (Å²) in [6.45, 7) is 0.810. The highest BCUT2D eigenvalue weighted by Gasteiger charge is 2.49. The molecule has 5 heteroatoms. The molecule has 0 aromatic rings. The van der Waals surface area contributed by atoms with Crippen LogP contribution in [0.4, 0.5) is 0 Å². The molecular formula is C6H12O5. The van der Waals surface area contributed by atoms with Crippen molar-refractivity contribution in [3.05, 3.63) is 0 Å². The van der Waals surface area contributed by atoms with Gasteiger partial charge in [0.2, 0.25) is 0 Å². The summed E-state index contributed by atoms with van der Waals surface area (Å²) in [5.41, 5.74) is 0. The number of aliphatic hydroxyl groups excluding tert-OH is 3. The first-order chi connectivity index (χ1) is 4.99. The van der Waals surface area contributed by atoms with E-state index in [1.165, 1.54) is 6.92 Å². The monoisotopic (exact) mass is 164 g/mol. The fourth-order valence-corrected chi connectivity index (χ4v) is 1.11. The predicted molar refractivity (Wildman–Crippen MR) is 34.6 cm³/mol. The molecular weight excluding hydrogens is 152 g/mol. The summed E-state index contributed by atoms with van der Waals surface area (Å²) in [7, 11) is 0. The van der Waals surface area contributed by atoms with Gasteiger partial charge in [0.05, 0.1) is 6.61 Å². The van der Waals surface area contributed by atoms with E-state index < -0.39 is 30.7 Å². The van der Waals surface area contributed by atoms with Crippen LogP contribution in [-0.2, 0) is 4.74 Å². The van der Waals surface area contributed by atoms with Gasteiger partial charge in [0.15, 0.2) is 5.79 Å². The quantitative estimate of drug-likeness (QED) is 0.353. The fourth-order valence-electron chi connectivity index (χ4n) is 1.11. The molecule has 0 unspecified atom stereocenters. The highest BCUT2D eigenvalue weighted by molar-refractivity contribution is 4.92. The maximum atomic E-state index is 9.19. The summed E-state index contributed by atoms with van der Waals surface area (Å²) in [5, 5.41) is 36.0. The van der Waals surface area contributed by atoms with Crippen LogP contribution in [0.15, 0.2) is 0 Å². The van der Waals surface area contributed by atoms with Crippen LogP contribution in [0.5, 0.6) is 0 Å². The zero-order chi connectivity index (χ0) is 8.65. The Kier molecular flexibility index (Phi) is 2.17. The van der Waals surface area contributed by atoms with E-state index in [-0.39, 0.29) is 0 Å². The van der Waals surface area contributed by atoms with E-state index >= 15 is 0 Å². The first-order valence-corrected chi connectivity index (χ1v) is 3.36. The zero-order valence-corrected chi connectivity index (χ0v) is 6.14. The first-order valence-electron chi connectivity index (χ1n) is 3.36. The van der Waals surface area contributed by atoms with Crippen LogP contribution < -0.4 is 0 Å². The molecule has 1 heterocycles. The van der Waals surface area contributed by atoms with Crippen LogP contribution in [0, 0.1) is 0 Å². The second-order valence-corrected chi connectivity index (χ2v) is 2.83. The Morgan fingerprint density at radius 2 is 2.00 bits per heavy atom. The number of aliphatic hydroxyl groups is 4. The maximum absolute atomic E-state index is 9.19. The van der Waals surface area contributed by atoms with Crippen molar-refractivity contribution in [3.8, 4) is 0 Å². The molecule has 0 aliphatic carbocycles. The van der Waals surface area contributed by atoms with Crippen molar-refractivity contribution in [1.82, 2.24) is 0 Å². The Labute approximate surface area is 63.8 Å². The van der Waals surface area contributed by atoms with Gasteiger partial charge in [-0.1, -0.05) is 0 Å². The van der Waals surface area contributed by atoms with Gasteiger partial charge in [-0.05, 0) is 6.92 Å². The number of rotatable bonds is 1. The zero-order valence-electron chi connectivity index (χ0n) is 6.14. The van der Waals surface area contributed by atoms with Crippen molar-refractivity contribution >= 4 is 0 Å². The number of hydrogen-bond donors (Lipinski definition) is 4. The first kappa shape index (κ1) is 8.89. The average Bonchev–Trinajstić information content (AvgIpc) is 2.13. The lowest BCUT2D eigenvalue weighted by Crippen LogP contribution is -2.40. The van der Waals surface area contributed by atoms with Gasteiger partial charge in [-0.25, -0.2) is 0 Å². The van der Waals surface area contributed by atoms with Crippen LogP contribution in [0.1, 0.15) is 6.92 Å². The minimum atomic E-state index is -1.76. The Morgan fingerprint density at radius 3 is 2.18 bits per heavy atom. The highest BCUT2D eigenvalue weighted by atomic mass is 16.7. The van der Waals surface area contributed by atoms with Crippen LogP contribution in [-0.4, -0.2) is 51.1 Å². The van der Waals surface area contributed by atoms with Crippen molar-refractivity contribution < 1.29 is 25.2 Å². The van der Waals surface area contributed by atoms with Gasteiger partial charge in [-0.15, -0.1) is 0 Å². The van der Waals surface area contributed by atoms with Crippen molar-refractivity contribution in [3.63, 3.8) is 0 Å². The van der Waals surface area contributed by atoms with Crippen LogP contribution in [0.3, 0.4) is 0 Å². The number of ether oxygens (including phenoxy) is 1. The van der Waals surface area contributed by atoms with E-state index in [1.54, 1.807) is 0 Å². The lowest BCUT2D eigenvalue weighted by molar-refractivity contribution is -0.217. The summed E-state index contributed by atoms with van der Waals surface area (Å²) in [6, 6.07) is 0. The Hall–Kier alpha value is -0.200. The van der Waals surface area contributed by atoms with E-state index in [4.69, 9.17) is 20.1 Å². The highest BCUT2D eigenvalue weighted by Crippen LogP contribution is 2.27. The third-order valence-electron chi connectivity index (χ3n) is 1.82. The molecule has 0 bridgehead atoms. The molecule has 5 nitrogen and oxygen atoms in total. The summed E-state index contributed by atoms with van der Waals surface area (Å²) in [4.78, 5) is 0. The third-order valence-corrected chi connectivity index (χ3v) is 1.82. The molecule has 0 amide bonds. The second-order valence-electron chi connectivity index (χ2n) is 2.83. The Morgan fingerprint density at radius 1 is 1.45 bits per heavy atom. The molecule has 1 rings (SSSR count). The third kappa shape index (κ3) is 1.38. The lowest BCUT2D eigenvalue weighted by Gasteiger charge is -2.19. The average molecular weight is 164 g/mol. The molecule has 4 atom stereocenters. The van der Waals surface area contributed by atoms with Crippen LogP contribution in [0.25, 0.3) is 0 Å². The smallest absolute Gasteiger partial charge is 0.192 e. The lowest BCUT2D eigenvalue weighted by atomic mass is 10.1. The molecule has 0 aromatic carbocycles. The summed E-state index contributed by atoms with van der Waals surface area (Å²) >= 11 is 0. The fraction of sp³-hybridized carbons (Fsp3) is 1.00. The van der Waals surface area contributed by atoms with Gasteiger partial charge >= 0.3 is 0 Å². The van der Waals surface area contributed by atoms with Gasteiger partial charge < -0.3 is 25.2 Å². The van der Waals surface area contributed by atoms with Crippen LogP contribution in [0.2, 0.25) is 0 Å². The molecule has 1 aliphatic heterocycles. The minimum absolute atomic E-state index is 0.422. The topological polar surface area (TPSA) is 90.2 Å². The Bertz CT molecular complexity index is 146. The summed E-state index contributed by atoms with van der Waals surface area (Å²) < 4.78 is 4.73. The van der Waals surface area contributed by atoms with Gasteiger partial charge in [0.25, 0.3) is 0 Å². The molecule has 1 saturated heterocycles. The van der Waals surface area contributed by atoms with Crippen LogP contribution >= 0.6 is 0 Å². The molecule has 0 aromatic heterocycles. The van der Waals surface area contributed by atoms with Gasteiger partial charge in [-0.3, -0.25) is 0 Å². The van der Waals surface area contributed by atoms with Gasteiger partial charge in [0.1, 0.15) is 18.3 Å². The van der Waals surface area contributed by atoms with Crippen molar-refractivity contribution in [1.29, 1.82) is 0 Å². The largest absolute Gasteiger partial charge is 0.394 e. The summed E-state index contributed by atoms with van der Waals surface area (Å²) in [6.07, 6.45) is -3.49. The predicted octanol–water partition coefficient (Wildman–Crippen LogP) is -2.19. The normalized spacial score (nSPS) is 51.5. The number of hydrogen-bond acceptors (Lipinski definition) is 5. The Balaban J connectivity index is 2.69. The van der Waals surface area contributed by atoms with E-state index in [2.05, 4.69) is 0 Å². The standard InChI is InChI=1S/C6H12O5/c1-6(10)5(9)4(8)3(2-7)11-6/h3-5,7-10H,2H2,1H3/t3-,4+,5+,6+/m1/s1. The summed E-state index contributed by atoms with van der Waals surface area (Å²) in [5.74, 6) is -1.76. The minimum Gasteiger partial charge on any atom is -0.394 e. The second kappa shape index (κ2) is 2.69. The van der Waals surface area contributed by atoms with E-state index in [1.807, 2.05) is 0 Å². The molecule has 4 N–H and O–H groups in total. The van der Waals surface area contributed by atoms with E-state index in [9.17, 15) is 5.11 Å². The van der Waals surface area contributed by atoms with Crippen molar-refractivity contribution in [2.24, 2.45) is 0 Å². The molecule has 1 aliphatic rings. The maximum Gasteiger partial charge on any atom is 0.192 e. The van der Waals surface area contributed by atoms with Crippen molar-refractivity contribution in [2.75, 3.05) is 6.61 Å². The van der Waals surface area contributed by atoms with Crippen molar-refractivity contribution in [2.45, 2.75) is 31.0 Å². The molecule has 0 spiro atoms. The molecule has 11 heavy (non-hydrogen) atoms. The van der Waals surface area contributed by atoms with E-state index in [0.29, 0.717) is 0 Å². The molecule has 1 fully saturated rings. The molecule has 0 radical (unpaired) electrons. The van der Waals surface area contributed by atoms with E-state index in [0.717, 1.165) is 0 Å². The van der Waals surface area contributed by atoms with Gasteiger partial charge in [0, 0.05) is 0 Å².